The third-order valence-corrected chi connectivity index (χ3v) is 3.22. The van der Waals surface area contributed by atoms with Crippen LogP contribution >= 0.6 is 0 Å². The molecule has 2 rings (SSSR count). The molecule has 0 aromatic heterocycles. The van der Waals surface area contributed by atoms with Crippen molar-refractivity contribution in [3.05, 3.63) is 59.2 Å². The Balaban J connectivity index is 2.10. The number of nitrogens with one attached hydrogen (secondary N) is 1. The van der Waals surface area contributed by atoms with Gasteiger partial charge in [0.1, 0.15) is 11.5 Å². The highest BCUT2D eigenvalue weighted by Crippen LogP contribution is 2.23. The van der Waals surface area contributed by atoms with Crippen LogP contribution in [0.1, 0.15) is 21.5 Å². The minimum atomic E-state index is -0.189. The van der Waals surface area contributed by atoms with Gasteiger partial charge in [0, 0.05) is 6.54 Å². The average Bonchev–Trinajstić information content (AvgIpc) is 2.53. The van der Waals surface area contributed by atoms with Crippen LogP contribution in [-0.4, -0.2) is 20.1 Å². The summed E-state index contributed by atoms with van der Waals surface area (Å²) in [7, 11) is 3.11. The molecule has 0 unspecified atom stereocenters. The number of hydrogen-bond acceptors (Lipinski definition) is 3. The van der Waals surface area contributed by atoms with Crippen molar-refractivity contribution >= 4 is 5.91 Å². The van der Waals surface area contributed by atoms with E-state index in [4.69, 9.17) is 9.47 Å². The normalized spacial score (nSPS) is 10.0. The topological polar surface area (TPSA) is 47.6 Å². The summed E-state index contributed by atoms with van der Waals surface area (Å²) >= 11 is 0. The second-order valence-electron chi connectivity index (χ2n) is 4.73. The number of benzene rings is 2. The number of hydrogen-bond donors (Lipinski definition) is 1. The smallest absolute Gasteiger partial charge is 0.255 e. The number of aryl methyl sites for hydroxylation is 1. The summed E-state index contributed by atoms with van der Waals surface area (Å²) < 4.78 is 10.4. The fourth-order valence-corrected chi connectivity index (χ4v) is 1.98. The summed E-state index contributed by atoms with van der Waals surface area (Å²) in [5.74, 6) is 0.958. The predicted octanol–water partition coefficient (Wildman–Crippen LogP) is 2.94. The molecule has 0 radical (unpaired) electrons. The highest BCUT2D eigenvalue weighted by molar-refractivity contribution is 5.97. The molecular formula is C17H19NO3. The first kappa shape index (κ1) is 14.9. The van der Waals surface area contributed by atoms with Crippen LogP contribution in [0.2, 0.25) is 0 Å². The Morgan fingerprint density at radius 2 is 1.76 bits per heavy atom. The van der Waals surface area contributed by atoms with Crippen LogP contribution in [0.3, 0.4) is 0 Å². The van der Waals surface area contributed by atoms with Crippen molar-refractivity contribution in [2.45, 2.75) is 13.5 Å². The Morgan fingerprint density at radius 1 is 1.05 bits per heavy atom. The number of ether oxygens (including phenoxy) is 2. The standard InChI is InChI=1S/C17H19NO3/c1-12-4-6-13(7-5-12)11-18-17(19)15-10-14(20-2)8-9-16(15)21-3/h4-10H,11H2,1-3H3,(H,18,19). The highest BCUT2D eigenvalue weighted by Gasteiger charge is 2.13. The van der Waals surface area contributed by atoms with E-state index < -0.39 is 0 Å². The van der Waals surface area contributed by atoms with Gasteiger partial charge in [0.25, 0.3) is 5.91 Å². The van der Waals surface area contributed by atoms with E-state index in [0.29, 0.717) is 23.6 Å². The van der Waals surface area contributed by atoms with E-state index in [1.165, 1.54) is 5.56 Å². The summed E-state index contributed by atoms with van der Waals surface area (Å²) in [6, 6.07) is 13.2. The molecule has 1 N–H and O–H groups in total. The van der Waals surface area contributed by atoms with Crippen LogP contribution in [0.15, 0.2) is 42.5 Å². The maximum atomic E-state index is 12.3. The van der Waals surface area contributed by atoms with Crippen LogP contribution < -0.4 is 14.8 Å². The lowest BCUT2D eigenvalue weighted by Gasteiger charge is -2.11. The summed E-state index contributed by atoms with van der Waals surface area (Å²) in [6.45, 7) is 2.50. The first-order valence-electron chi connectivity index (χ1n) is 6.70. The molecule has 0 aliphatic carbocycles. The minimum absolute atomic E-state index is 0.189. The molecule has 2 aromatic rings. The van der Waals surface area contributed by atoms with Gasteiger partial charge in [0.05, 0.1) is 19.8 Å². The van der Waals surface area contributed by atoms with Crippen molar-refractivity contribution in [2.24, 2.45) is 0 Å². The first-order chi connectivity index (χ1) is 10.1. The molecule has 0 fully saturated rings. The van der Waals surface area contributed by atoms with E-state index in [2.05, 4.69) is 5.32 Å². The molecule has 110 valence electrons. The van der Waals surface area contributed by atoms with Crippen molar-refractivity contribution in [2.75, 3.05) is 14.2 Å². The number of rotatable bonds is 5. The van der Waals surface area contributed by atoms with Crippen molar-refractivity contribution in [1.29, 1.82) is 0 Å². The highest BCUT2D eigenvalue weighted by atomic mass is 16.5. The fourth-order valence-electron chi connectivity index (χ4n) is 1.98. The zero-order valence-corrected chi connectivity index (χ0v) is 12.5. The van der Waals surface area contributed by atoms with E-state index in [0.717, 1.165) is 5.56 Å². The van der Waals surface area contributed by atoms with Gasteiger partial charge in [-0.25, -0.2) is 0 Å². The van der Waals surface area contributed by atoms with Crippen LogP contribution in [0.4, 0.5) is 0 Å². The molecule has 0 aliphatic rings. The Kier molecular flexibility index (Phi) is 4.82. The monoisotopic (exact) mass is 285 g/mol. The Morgan fingerprint density at radius 3 is 2.38 bits per heavy atom. The molecule has 4 heteroatoms. The summed E-state index contributed by atoms with van der Waals surface area (Å²) in [4.78, 5) is 12.3. The molecule has 0 bridgehead atoms. The van der Waals surface area contributed by atoms with Crippen LogP contribution in [0, 0.1) is 6.92 Å². The molecule has 0 aliphatic heterocycles. The third kappa shape index (κ3) is 3.75. The number of methoxy groups -OCH3 is 2. The third-order valence-electron chi connectivity index (χ3n) is 3.22. The lowest BCUT2D eigenvalue weighted by Crippen LogP contribution is -2.23. The van der Waals surface area contributed by atoms with Crippen LogP contribution in [0.25, 0.3) is 0 Å². The van der Waals surface area contributed by atoms with E-state index in [-0.39, 0.29) is 5.91 Å². The lowest BCUT2D eigenvalue weighted by atomic mass is 10.1. The lowest BCUT2D eigenvalue weighted by molar-refractivity contribution is 0.0947. The van der Waals surface area contributed by atoms with Crippen molar-refractivity contribution in [1.82, 2.24) is 5.32 Å². The second-order valence-corrected chi connectivity index (χ2v) is 4.73. The molecule has 21 heavy (non-hydrogen) atoms. The maximum Gasteiger partial charge on any atom is 0.255 e. The SMILES string of the molecule is COc1ccc(OC)c(C(=O)NCc2ccc(C)cc2)c1. The molecule has 2 aromatic carbocycles. The zero-order valence-electron chi connectivity index (χ0n) is 12.5. The largest absolute Gasteiger partial charge is 0.497 e. The number of amides is 1. The quantitative estimate of drug-likeness (QED) is 0.918. The van der Waals surface area contributed by atoms with Gasteiger partial charge in [-0.2, -0.15) is 0 Å². The van der Waals surface area contributed by atoms with Gasteiger partial charge in [0.2, 0.25) is 0 Å². The van der Waals surface area contributed by atoms with Gasteiger partial charge in [-0.1, -0.05) is 29.8 Å². The van der Waals surface area contributed by atoms with Gasteiger partial charge < -0.3 is 14.8 Å². The Labute approximate surface area is 124 Å². The number of carbonyl (C=O) groups is 1. The van der Waals surface area contributed by atoms with E-state index in [9.17, 15) is 4.79 Å². The van der Waals surface area contributed by atoms with E-state index >= 15 is 0 Å². The molecule has 4 nitrogen and oxygen atoms in total. The van der Waals surface area contributed by atoms with Crippen LogP contribution in [-0.2, 0) is 6.54 Å². The molecule has 0 saturated heterocycles. The summed E-state index contributed by atoms with van der Waals surface area (Å²) in [6.07, 6.45) is 0. The van der Waals surface area contributed by atoms with E-state index in [1.807, 2.05) is 31.2 Å². The Hall–Kier alpha value is -2.49. The molecule has 0 saturated carbocycles. The zero-order chi connectivity index (χ0) is 15.2. The van der Waals surface area contributed by atoms with Crippen molar-refractivity contribution < 1.29 is 14.3 Å². The summed E-state index contributed by atoms with van der Waals surface area (Å²) in [5, 5.41) is 2.89. The van der Waals surface area contributed by atoms with Gasteiger partial charge in [0.15, 0.2) is 0 Å². The minimum Gasteiger partial charge on any atom is -0.497 e. The van der Waals surface area contributed by atoms with E-state index in [1.54, 1.807) is 32.4 Å². The maximum absolute atomic E-state index is 12.3. The summed E-state index contributed by atoms with van der Waals surface area (Å²) in [5.41, 5.74) is 2.71. The molecule has 0 atom stereocenters. The molecule has 0 spiro atoms. The molecular weight excluding hydrogens is 266 g/mol. The fraction of sp³-hybridized carbons (Fsp3) is 0.235. The number of carbonyl (C=O) groups excluding carboxylic acids is 1. The average molecular weight is 285 g/mol. The van der Waals surface area contributed by atoms with Gasteiger partial charge in [-0.3, -0.25) is 4.79 Å². The first-order valence-corrected chi connectivity index (χ1v) is 6.70. The predicted molar refractivity (Wildman–Crippen MR) is 81.9 cm³/mol. The van der Waals surface area contributed by atoms with Gasteiger partial charge in [-0.15, -0.1) is 0 Å². The van der Waals surface area contributed by atoms with Crippen LogP contribution in [0.5, 0.6) is 11.5 Å². The van der Waals surface area contributed by atoms with Crippen molar-refractivity contribution in [3.8, 4) is 11.5 Å². The van der Waals surface area contributed by atoms with Crippen molar-refractivity contribution in [3.63, 3.8) is 0 Å². The molecule has 1 amide bonds. The van der Waals surface area contributed by atoms with Gasteiger partial charge >= 0.3 is 0 Å². The molecule has 0 heterocycles. The Bertz CT molecular complexity index is 620. The van der Waals surface area contributed by atoms with Gasteiger partial charge in [-0.05, 0) is 30.7 Å². The second kappa shape index (κ2) is 6.79.